The van der Waals surface area contributed by atoms with Crippen molar-refractivity contribution in [3.63, 3.8) is 0 Å². The summed E-state index contributed by atoms with van der Waals surface area (Å²) < 4.78 is 0. The lowest BCUT2D eigenvalue weighted by Crippen LogP contribution is -2.14. The second kappa shape index (κ2) is 6.26. The lowest BCUT2D eigenvalue weighted by Gasteiger charge is -2.14. The van der Waals surface area contributed by atoms with Gasteiger partial charge < -0.3 is 10.7 Å². The number of hydrogen-bond donors (Lipinski definition) is 3. The molecule has 0 saturated carbocycles. The number of hydrogen-bond acceptors (Lipinski definition) is 5. The average molecular weight is 312 g/mol. The summed E-state index contributed by atoms with van der Waals surface area (Å²) in [5, 5.41) is 4.20. The van der Waals surface area contributed by atoms with Gasteiger partial charge in [0.1, 0.15) is 17.5 Å². The van der Waals surface area contributed by atoms with E-state index in [0.717, 1.165) is 5.56 Å². The molecule has 0 aliphatic heterocycles. The van der Waals surface area contributed by atoms with Gasteiger partial charge in [0, 0.05) is 12.0 Å². The van der Waals surface area contributed by atoms with Crippen LogP contribution in [0.5, 0.6) is 0 Å². The van der Waals surface area contributed by atoms with E-state index in [-0.39, 0.29) is 0 Å². The molecule has 0 amide bonds. The van der Waals surface area contributed by atoms with Crippen molar-refractivity contribution in [3.05, 3.63) is 39.6 Å². The molecule has 0 fully saturated rings. The monoisotopic (exact) mass is 311 g/mol. The molecule has 2 aromatic rings. The van der Waals surface area contributed by atoms with Crippen LogP contribution in [-0.4, -0.2) is 9.97 Å². The first-order chi connectivity index (χ1) is 9.56. The molecule has 7 heteroatoms. The van der Waals surface area contributed by atoms with Crippen molar-refractivity contribution in [1.29, 1.82) is 0 Å². The summed E-state index contributed by atoms with van der Waals surface area (Å²) in [6.07, 6.45) is 0.694. The zero-order valence-corrected chi connectivity index (χ0v) is 12.7. The number of nitrogens with zero attached hydrogens (tertiary/aromatic N) is 2. The predicted molar refractivity (Wildman–Crippen MR) is 83.7 cm³/mol. The lowest BCUT2D eigenvalue weighted by atomic mass is 10.2. The molecular formula is C13H15Cl2N5. The molecule has 0 radical (unpaired) electrons. The van der Waals surface area contributed by atoms with Crippen molar-refractivity contribution in [2.75, 3.05) is 10.7 Å². The maximum absolute atomic E-state index is 6.15. The van der Waals surface area contributed by atoms with E-state index in [1.807, 2.05) is 13.8 Å². The summed E-state index contributed by atoms with van der Waals surface area (Å²) in [6.45, 7) is 3.83. The molecule has 0 saturated heterocycles. The Kier molecular flexibility index (Phi) is 4.65. The van der Waals surface area contributed by atoms with E-state index >= 15 is 0 Å². The van der Waals surface area contributed by atoms with Gasteiger partial charge in [-0.15, -0.1) is 0 Å². The first-order valence-corrected chi connectivity index (χ1v) is 6.87. The molecule has 1 aromatic carbocycles. The maximum Gasteiger partial charge on any atom is 0.148 e. The van der Waals surface area contributed by atoms with E-state index in [0.29, 0.717) is 39.6 Å². The van der Waals surface area contributed by atoms with Crippen LogP contribution in [0.15, 0.2) is 18.2 Å². The highest BCUT2D eigenvalue weighted by atomic mass is 35.5. The van der Waals surface area contributed by atoms with Crippen LogP contribution in [-0.2, 0) is 6.42 Å². The van der Waals surface area contributed by atoms with Crippen molar-refractivity contribution in [2.24, 2.45) is 5.84 Å². The lowest BCUT2D eigenvalue weighted by molar-refractivity contribution is 0.932. The zero-order chi connectivity index (χ0) is 14.7. The fourth-order valence-corrected chi connectivity index (χ4v) is 2.21. The fraction of sp³-hybridized carbons (Fsp3) is 0.231. The first kappa shape index (κ1) is 14.8. The highest BCUT2D eigenvalue weighted by Crippen LogP contribution is 2.33. The minimum absolute atomic E-state index is 0.524. The van der Waals surface area contributed by atoms with E-state index < -0.39 is 0 Å². The molecule has 0 bridgehead atoms. The number of anilines is 3. The van der Waals surface area contributed by atoms with E-state index in [9.17, 15) is 0 Å². The SMILES string of the molecule is CCc1nc(NN)c(C)c(Nc2c(Cl)cccc2Cl)n1. The second-order valence-electron chi connectivity index (χ2n) is 4.18. The topological polar surface area (TPSA) is 75.9 Å². The molecule has 0 aliphatic rings. The van der Waals surface area contributed by atoms with E-state index in [4.69, 9.17) is 29.0 Å². The molecule has 2 rings (SSSR count). The Morgan fingerprint density at radius 1 is 1.15 bits per heavy atom. The molecule has 106 valence electrons. The van der Waals surface area contributed by atoms with Crippen LogP contribution in [0.3, 0.4) is 0 Å². The number of rotatable bonds is 4. The Bertz CT molecular complexity index is 610. The largest absolute Gasteiger partial charge is 0.337 e. The summed E-state index contributed by atoms with van der Waals surface area (Å²) in [7, 11) is 0. The van der Waals surface area contributed by atoms with Crippen molar-refractivity contribution in [1.82, 2.24) is 9.97 Å². The number of nitrogens with one attached hydrogen (secondary N) is 2. The van der Waals surface area contributed by atoms with E-state index in [2.05, 4.69) is 20.7 Å². The Morgan fingerprint density at radius 3 is 2.30 bits per heavy atom. The quantitative estimate of drug-likeness (QED) is 0.593. The van der Waals surface area contributed by atoms with Crippen molar-refractivity contribution < 1.29 is 0 Å². The molecule has 4 N–H and O–H groups in total. The maximum atomic E-state index is 6.15. The number of hydrazine groups is 1. The minimum atomic E-state index is 0.524. The van der Waals surface area contributed by atoms with Crippen LogP contribution in [0.25, 0.3) is 0 Å². The number of para-hydroxylation sites is 1. The smallest absolute Gasteiger partial charge is 0.148 e. The van der Waals surface area contributed by atoms with E-state index in [1.54, 1.807) is 18.2 Å². The van der Waals surface area contributed by atoms with Gasteiger partial charge in [-0.3, -0.25) is 0 Å². The summed E-state index contributed by atoms with van der Waals surface area (Å²) >= 11 is 12.3. The molecule has 0 atom stereocenters. The summed E-state index contributed by atoms with van der Waals surface area (Å²) in [5.74, 6) is 7.35. The van der Waals surface area contributed by atoms with Gasteiger partial charge in [0.15, 0.2) is 0 Å². The third-order valence-corrected chi connectivity index (χ3v) is 3.48. The molecular weight excluding hydrogens is 297 g/mol. The van der Waals surface area contributed by atoms with Crippen LogP contribution in [0.1, 0.15) is 18.3 Å². The minimum Gasteiger partial charge on any atom is -0.337 e. The average Bonchev–Trinajstić information content (AvgIpc) is 2.44. The fourth-order valence-electron chi connectivity index (χ4n) is 1.72. The van der Waals surface area contributed by atoms with Crippen LogP contribution in [0.4, 0.5) is 17.3 Å². The number of halogens is 2. The van der Waals surface area contributed by atoms with Crippen LogP contribution in [0, 0.1) is 6.92 Å². The third-order valence-electron chi connectivity index (χ3n) is 2.85. The van der Waals surface area contributed by atoms with Gasteiger partial charge in [0.25, 0.3) is 0 Å². The predicted octanol–water partition coefficient (Wildman–Crippen LogP) is 3.68. The van der Waals surface area contributed by atoms with Gasteiger partial charge in [-0.2, -0.15) is 0 Å². The standard InChI is InChI=1S/C13H15Cl2N5/c1-3-10-17-12(7(2)13(18-10)20-16)19-11-8(14)5-4-6-9(11)15/h4-6H,3,16H2,1-2H3,(H2,17,18,19,20). The Labute approximate surface area is 127 Å². The molecule has 1 aromatic heterocycles. The zero-order valence-electron chi connectivity index (χ0n) is 11.2. The molecule has 1 heterocycles. The van der Waals surface area contributed by atoms with Crippen molar-refractivity contribution in [3.8, 4) is 0 Å². The summed E-state index contributed by atoms with van der Waals surface area (Å²) in [6, 6.07) is 5.30. The number of aromatic nitrogens is 2. The van der Waals surface area contributed by atoms with Crippen molar-refractivity contribution >= 4 is 40.5 Å². The highest BCUT2D eigenvalue weighted by molar-refractivity contribution is 6.39. The summed E-state index contributed by atoms with van der Waals surface area (Å²) in [5.41, 5.74) is 3.97. The van der Waals surface area contributed by atoms with Gasteiger partial charge in [-0.25, -0.2) is 15.8 Å². The van der Waals surface area contributed by atoms with Gasteiger partial charge in [0.2, 0.25) is 0 Å². The summed E-state index contributed by atoms with van der Waals surface area (Å²) in [4.78, 5) is 8.75. The number of aryl methyl sites for hydroxylation is 1. The molecule has 0 spiro atoms. The molecule has 20 heavy (non-hydrogen) atoms. The van der Waals surface area contributed by atoms with Gasteiger partial charge in [-0.05, 0) is 19.1 Å². The van der Waals surface area contributed by atoms with Gasteiger partial charge in [-0.1, -0.05) is 36.2 Å². The number of benzene rings is 1. The van der Waals surface area contributed by atoms with Crippen LogP contribution >= 0.6 is 23.2 Å². The van der Waals surface area contributed by atoms with Crippen LogP contribution < -0.4 is 16.6 Å². The molecule has 5 nitrogen and oxygen atoms in total. The van der Waals surface area contributed by atoms with Crippen LogP contribution in [0.2, 0.25) is 10.0 Å². The molecule has 0 unspecified atom stereocenters. The van der Waals surface area contributed by atoms with Gasteiger partial charge in [0.05, 0.1) is 15.7 Å². The second-order valence-corrected chi connectivity index (χ2v) is 5.00. The third kappa shape index (κ3) is 2.95. The van der Waals surface area contributed by atoms with Crippen molar-refractivity contribution in [2.45, 2.75) is 20.3 Å². The number of nitrogens with two attached hydrogens (primary N) is 1. The highest BCUT2D eigenvalue weighted by Gasteiger charge is 2.12. The van der Waals surface area contributed by atoms with E-state index in [1.165, 1.54) is 0 Å². The first-order valence-electron chi connectivity index (χ1n) is 6.12. The van der Waals surface area contributed by atoms with Gasteiger partial charge >= 0.3 is 0 Å². The Morgan fingerprint density at radius 2 is 1.75 bits per heavy atom. The Balaban J connectivity index is 2.48. The normalized spacial score (nSPS) is 10.4. The number of nitrogen functional groups attached to an aromatic ring is 1. The Hall–Kier alpha value is -1.56. The molecule has 0 aliphatic carbocycles.